The number of carbonyl (C=O) groups excluding carboxylic acids is 1. The van der Waals surface area contributed by atoms with Gasteiger partial charge < -0.3 is 9.47 Å². The molecule has 0 aliphatic rings. The Morgan fingerprint density at radius 1 is 1.14 bits per heavy atom. The number of hydrogen-bond donors (Lipinski definition) is 1. The van der Waals surface area contributed by atoms with Crippen molar-refractivity contribution in [1.29, 1.82) is 0 Å². The molecule has 0 saturated carbocycles. The SMILES string of the molecule is C=CCOc1cccc(NC(=O)OCc2ccccc2)c1. The smallest absolute Gasteiger partial charge is 0.411 e. The lowest BCUT2D eigenvalue weighted by atomic mass is 10.2. The summed E-state index contributed by atoms with van der Waals surface area (Å²) in [5.41, 5.74) is 1.56. The molecule has 0 spiro atoms. The topological polar surface area (TPSA) is 47.6 Å². The summed E-state index contributed by atoms with van der Waals surface area (Å²) in [5, 5.41) is 2.66. The van der Waals surface area contributed by atoms with Crippen LogP contribution in [0.15, 0.2) is 67.3 Å². The van der Waals surface area contributed by atoms with Crippen molar-refractivity contribution in [3.05, 3.63) is 72.8 Å². The summed E-state index contributed by atoms with van der Waals surface area (Å²) in [7, 11) is 0. The third kappa shape index (κ3) is 5.03. The highest BCUT2D eigenvalue weighted by Crippen LogP contribution is 2.17. The molecule has 4 heteroatoms. The first kappa shape index (κ1) is 14.7. The van der Waals surface area contributed by atoms with Crippen LogP contribution >= 0.6 is 0 Å². The van der Waals surface area contributed by atoms with Crippen molar-refractivity contribution in [3.8, 4) is 5.75 Å². The number of carbonyl (C=O) groups is 1. The van der Waals surface area contributed by atoms with E-state index in [-0.39, 0.29) is 6.61 Å². The molecule has 0 radical (unpaired) electrons. The molecule has 4 nitrogen and oxygen atoms in total. The Morgan fingerprint density at radius 2 is 1.95 bits per heavy atom. The average Bonchev–Trinajstić information content (AvgIpc) is 2.52. The molecule has 1 N–H and O–H groups in total. The maximum Gasteiger partial charge on any atom is 0.411 e. The molecule has 0 unspecified atom stereocenters. The van der Waals surface area contributed by atoms with Gasteiger partial charge in [0.15, 0.2) is 0 Å². The Morgan fingerprint density at radius 3 is 2.71 bits per heavy atom. The van der Waals surface area contributed by atoms with E-state index in [2.05, 4.69) is 11.9 Å². The normalized spacial score (nSPS) is 9.71. The van der Waals surface area contributed by atoms with Crippen LogP contribution in [0.4, 0.5) is 10.5 Å². The first-order chi connectivity index (χ1) is 10.3. The monoisotopic (exact) mass is 283 g/mol. The molecule has 1 amide bonds. The predicted octanol–water partition coefficient (Wildman–Crippen LogP) is 4.00. The maximum atomic E-state index is 11.7. The van der Waals surface area contributed by atoms with Crippen LogP contribution in [0.2, 0.25) is 0 Å². The van der Waals surface area contributed by atoms with E-state index in [1.807, 2.05) is 36.4 Å². The van der Waals surface area contributed by atoms with Gasteiger partial charge in [-0.2, -0.15) is 0 Å². The van der Waals surface area contributed by atoms with Crippen molar-refractivity contribution in [2.75, 3.05) is 11.9 Å². The maximum absolute atomic E-state index is 11.7. The van der Waals surface area contributed by atoms with E-state index in [0.29, 0.717) is 18.0 Å². The molecule has 0 atom stereocenters. The van der Waals surface area contributed by atoms with E-state index in [1.165, 1.54) is 0 Å². The molecule has 0 aliphatic heterocycles. The van der Waals surface area contributed by atoms with Gasteiger partial charge in [-0.1, -0.05) is 49.1 Å². The Bertz CT molecular complexity index is 596. The van der Waals surface area contributed by atoms with Gasteiger partial charge in [0.05, 0.1) is 0 Å². The highest BCUT2D eigenvalue weighted by atomic mass is 16.5. The number of nitrogens with one attached hydrogen (secondary N) is 1. The van der Waals surface area contributed by atoms with Crippen molar-refractivity contribution < 1.29 is 14.3 Å². The predicted molar refractivity (Wildman–Crippen MR) is 82.4 cm³/mol. The first-order valence-electron chi connectivity index (χ1n) is 6.59. The zero-order chi connectivity index (χ0) is 14.9. The minimum atomic E-state index is -0.500. The van der Waals surface area contributed by atoms with Crippen molar-refractivity contribution in [3.63, 3.8) is 0 Å². The van der Waals surface area contributed by atoms with E-state index in [0.717, 1.165) is 5.56 Å². The van der Waals surface area contributed by atoms with Crippen LogP contribution in [-0.2, 0) is 11.3 Å². The van der Waals surface area contributed by atoms with Gasteiger partial charge >= 0.3 is 6.09 Å². The molecule has 0 bridgehead atoms. The standard InChI is InChI=1S/C17H17NO3/c1-2-11-20-16-10-6-9-15(12-16)18-17(19)21-13-14-7-4-3-5-8-14/h2-10,12H,1,11,13H2,(H,18,19). The van der Waals surface area contributed by atoms with E-state index < -0.39 is 6.09 Å². The van der Waals surface area contributed by atoms with Crippen molar-refractivity contribution >= 4 is 11.8 Å². The van der Waals surface area contributed by atoms with E-state index in [9.17, 15) is 4.79 Å². The van der Waals surface area contributed by atoms with Crippen LogP contribution < -0.4 is 10.1 Å². The van der Waals surface area contributed by atoms with E-state index >= 15 is 0 Å². The molecular formula is C17H17NO3. The summed E-state index contributed by atoms with van der Waals surface area (Å²) < 4.78 is 10.5. The average molecular weight is 283 g/mol. The Labute approximate surface area is 124 Å². The minimum Gasteiger partial charge on any atom is -0.489 e. The van der Waals surface area contributed by atoms with Gasteiger partial charge in [-0.15, -0.1) is 0 Å². The van der Waals surface area contributed by atoms with E-state index in [1.54, 1.807) is 24.3 Å². The highest BCUT2D eigenvalue weighted by Gasteiger charge is 2.04. The lowest BCUT2D eigenvalue weighted by Crippen LogP contribution is -2.13. The second-order valence-electron chi connectivity index (χ2n) is 4.31. The van der Waals surface area contributed by atoms with Crippen LogP contribution in [0, 0.1) is 0 Å². The summed E-state index contributed by atoms with van der Waals surface area (Å²) in [6.07, 6.45) is 1.16. The molecule has 108 valence electrons. The molecule has 0 aliphatic carbocycles. The Hall–Kier alpha value is -2.75. The second kappa shape index (κ2) is 7.75. The fraction of sp³-hybridized carbons (Fsp3) is 0.118. The number of rotatable bonds is 6. The van der Waals surface area contributed by atoms with E-state index in [4.69, 9.17) is 9.47 Å². The van der Waals surface area contributed by atoms with Gasteiger partial charge in [-0.05, 0) is 17.7 Å². The summed E-state index contributed by atoms with van der Waals surface area (Å²) in [6, 6.07) is 16.6. The van der Waals surface area contributed by atoms with Gasteiger partial charge in [0.25, 0.3) is 0 Å². The summed E-state index contributed by atoms with van der Waals surface area (Å²) >= 11 is 0. The number of benzene rings is 2. The molecule has 0 fully saturated rings. The van der Waals surface area contributed by atoms with Crippen LogP contribution in [-0.4, -0.2) is 12.7 Å². The minimum absolute atomic E-state index is 0.235. The quantitative estimate of drug-likeness (QED) is 0.815. The fourth-order valence-electron chi connectivity index (χ4n) is 1.70. The van der Waals surface area contributed by atoms with Crippen LogP contribution in [0.1, 0.15) is 5.56 Å². The zero-order valence-electron chi connectivity index (χ0n) is 11.6. The molecule has 21 heavy (non-hydrogen) atoms. The summed E-state index contributed by atoms with van der Waals surface area (Å²) in [5.74, 6) is 0.663. The zero-order valence-corrected chi connectivity index (χ0v) is 11.6. The number of anilines is 1. The van der Waals surface area contributed by atoms with Gasteiger partial charge in [-0.25, -0.2) is 4.79 Å². The lowest BCUT2D eigenvalue weighted by Gasteiger charge is -2.09. The van der Waals surface area contributed by atoms with Crippen LogP contribution in [0.3, 0.4) is 0 Å². The molecular weight excluding hydrogens is 266 g/mol. The first-order valence-corrected chi connectivity index (χ1v) is 6.59. The third-order valence-corrected chi connectivity index (χ3v) is 2.66. The number of ether oxygens (including phenoxy) is 2. The summed E-state index contributed by atoms with van der Waals surface area (Å²) in [6.45, 7) is 4.24. The van der Waals surface area contributed by atoms with Crippen LogP contribution in [0.5, 0.6) is 5.75 Å². The second-order valence-corrected chi connectivity index (χ2v) is 4.31. The summed E-state index contributed by atoms with van der Waals surface area (Å²) in [4.78, 5) is 11.7. The highest BCUT2D eigenvalue weighted by molar-refractivity contribution is 5.84. The Balaban J connectivity index is 1.86. The molecule has 0 saturated heterocycles. The lowest BCUT2D eigenvalue weighted by molar-refractivity contribution is 0.155. The molecule has 0 heterocycles. The Kier molecular flexibility index (Phi) is 5.41. The van der Waals surface area contributed by atoms with Gasteiger partial charge in [0, 0.05) is 11.8 Å². The van der Waals surface area contributed by atoms with Crippen molar-refractivity contribution in [2.24, 2.45) is 0 Å². The third-order valence-electron chi connectivity index (χ3n) is 2.66. The van der Waals surface area contributed by atoms with Gasteiger partial charge in [0.1, 0.15) is 19.0 Å². The molecule has 0 aromatic heterocycles. The fourth-order valence-corrected chi connectivity index (χ4v) is 1.70. The largest absolute Gasteiger partial charge is 0.489 e. The molecule has 2 rings (SSSR count). The van der Waals surface area contributed by atoms with Crippen molar-refractivity contribution in [1.82, 2.24) is 0 Å². The van der Waals surface area contributed by atoms with Gasteiger partial charge in [-0.3, -0.25) is 5.32 Å². The van der Waals surface area contributed by atoms with Crippen LogP contribution in [0.25, 0.3) is 0 Å². The number of amides is 1. The molecule has 2 aromatic carbocycles. The van der Waals surface area contributed by atoms with Gasteiger partial charge in [0.2, 0.25) is 0 Å². The van der Waals surface area contributed by atoms with Crippen molar-refractivity contribution in [2.45, 2.75) is 6.61 Å². The molecule has 2 aromatic rings. The number of hydrogen-bond acceptors (Lipinski definition) is 3.